The molecule has 18 heavy (non-hydrogen) atoms. The highest BCUT2D eigenvalue weighted by molar-refractivity contribution is 5.99. The van der Waals surface area contributed by atoms with Crippen molar-refractivity contribution >= 4 is 11.7 Å². The number of methoxy groups -OCH3 is 1. The Bertz CT molecular complexity index is 494. The number of nitrogens with zero attached hydrogens (tertiary/aromatic N) is 1. The Labute approximate surface area is 107 Å². The van der Waals surface area contributed by atoms with E-state index >= 15 is 0 Å². The number of ether oxygens (including phenoxy) is 1. The topological polar surface area (TPSA) is 46.6 Å². The van der Waals surface area contributed by atoms with Gasteiger partial charge in [0.05, 0.1) is 13.7 Å². The highest BCUT2D eigenvalue weighted by Gasteiger charge is 2.40. The molecule has 1 amide bonds. The first-order chi connectivity index (χ1) is 8.44. The van der Waals surface area contributed by atoms with Crippen molar-refractivity contribution in [2.45, 2.75) is 25.8 Å². The van der Waals surface area contributed by atoms with Gasteiger partial charge in [0.1, 0.15) is 5.75 Å². The summed E-state index contributed by atoms with van der Waals surface area (Å²) in [6.45, 7) is 4.02. The van der Waals surface area contributed by atoms with E-state index in [0.717, 1.165) is 0 Å². The van der Waals surface area contributed by atoms with E-state index in [9.17, 15) is 9.59 Å². The summed E-state index contributed by atoms with van der Waals surface area (Å²) in [5.74, 6) is 0.630. The number of carbonyl (C=O) groups excluding carboxylic acids is 2. The maximum atomic E-state index is 12.4. The summed E-state index contributed by atoms with van der Waals surface area (Å²) >= 11 is 0. The second-order valence-corrected chi connectivity index (χ2v) is 5.15. The van der Waals surface area contributed by atoms with Gasteiger partial charge in [0, 0.05) is 17.5 Å². The molecule has 2 rings (SSSR count). The molecular formula is C14H17NO3. The summed E-state index contributed by atoms with van der Waals surface area (Å²) in [7, 11) is 1.56. The Morgan fingerprint density at radius 1 is 1.39 bits per heavy atom. The number of likely N-dealkylation sites (tertiary alicyclic amines) is 1. The van der Waals surface area contributed by atoms with Gasteiger partial charge in [-0.2, -0.15) is 0 Å². The molecule has 0 unspecified atom stereocenters. The van der Waals surface area contributed by atoms with Crippen LogP contribution in [0, 0.1) is 0 Å². The summed E-state index contributed by atoms with van der Waals surface area (Å²) in [5.41, 5.74) is 0.147. The van der Waals surface area contributed by atoms with Gasteiger partial charge in [-0.15, -0.1) is 0 Å². The van der Waals surface area contributed by atoms with Gasteiger partial charge < -0.3 is 9.64 Å². The molecule has 1 aromatic rings. The SMILES string of the molecule is COc1cccc(C(=O)N2CC(=O)CC2(C)C)c1. The highest BCUT2D eigenvalue weighted by Crippen LogP contribution is 2.28. The maximum Gasteiger partial charge on any atom is 0.254 e. The molecule has 4 heteroatoms. The standard InChI is InChI=1S/C14H17NO3/c1-14(2)8-11(16)9-15(14)13(17)10-5-4-6-12(7-10)18-3/h4-7H,8-9H2,1-3H3. The van der Waals surface area contributed by atoms with Crippen LogP contribution in [-0.4, -0.2) is 35.8 Å². The van der Waals surface area contributed by atoms with E-state index < -0.39 is 5.54 Å². The Morgan fingerprint density at radius 2 is 2.11 bits per heavy atom. The summed E-state index contributed by atoms with van der Waals surface area (Å²) in [6, 6.07) is 7.00. The highest BCUT2D eigenvalue weighted by atomic mass is 16.5. The zero-order chi connectivity index (χ0) is 13.3. The number of benzene rings is 1. The van der Waals surface area contributed by atoms with Crippen LogP contribution in [-0.2, 0) is 4.79 Å². The lowest BCUT2D eigenvalue weighted by molar-refractivity contribution is -0.116. The average Bonchev–Trinajstić information content (AvgIpc) is 2.61. The summed E-state index contributed by atoms with van der Waals surface area (Å²) in [6.07, 6.45) is 0.419. The first-order valence-electron chi connectivity index (χ1n) is 5.92. The quantitative estimate of drug-likeness (QED) is 0.801. The number of amides is 1. The van der Waals surface area contributed by atoms with Crippen LogP contribution in [0.25, 0.3) is 0 Å². The molecule has 1 aliphatic rings. The fourth-order valence-corrected chi connectivity index (χ4v) is 2.28. The minimum Gasteiger partial charge on any atom is -0.497 e. The van der Waals surface area contributed by atoms with Gasteiger partial charge in [-0.25, -0.2) is 0 Å². The van der Waals surface area contributed by atoms with Gasteiger partial charge in [0.15, 0.2) is 5.78 Å². The predicted molar refractivity (Wildman–Crippen MR) is 67.7 cm³/mol. The number of ketones is 1. The van der Waals surface area contributed by atoms with Crippen LogP contribution in [0.1, 0.15) is 30.6 Å². The number of hydrogen-bond acceptors (Lipinski definition) is 3. The average molecular weight is 247 g/mol. The van der Waals surface area contributed by atoms with E-state index in [4.69, 9.17) is 4.74 Å². The normalized spacial score (nSPS) is 17.9. The van der Waals surface area contributed by atoms with Crippen molar-refractivity contribution in [1.82, 2.24) is 4.90 Å². The van der Waals surface area contributed by atoms with Crippen molar-refractivity contribution < 1.29 is 14.3 Å². The van der Waals surface area contributed by atoms with E-state index in [0.29, 0.717) is 17.7 Å². The molecule has 1 aromatic carbocycles. The van der Waals surface area contributed by atoms with E-state index in [1.165, 1.54) is 0 Å². The van der Waals surface area contributed by atoms with Gasteiger partial charge in [-0.3, -0.25) is 9.59 Å². The van der Waals surface area contributed by atoms with Gasteiger partial charge in [-0.05, 0) is 32.0 Å². The van der Waals surface area contributed by atoms with E-state index in [1.54, 1.807) is 36.3 Å². The third-order valence-electron chi connectivity index (χ3n) is 3.26. The molecule has 0 bridgehead atoms. The first kappa shape index (κ1) is 12.6. The third-order valence-corrected chi connectivity index (χ3v) is 3.26. The second-order valence-electron chi connectivity index (χ2n) is 5.15. The van der Waals surface area contributed by atoms with Crippen molar-refractivity contribution in [3.05, 3.63) is 29.8 Å². The van der Waals surface area contributed by atoms with Crippen molar-refractivity contribution in [3.8, 4) is 5.75 Å². The van der Waals surface area contributed by atoms with Crippen LogP contribution in [0.3, 0.4) is 0 Å². The molecule has 1 fully saturated rings. The van der Waals surface area contributed by atoms with Gasteiger partial charge in [0.2, 0.25) is 0 Å². The van der Waals surface area contributed by atoms with Crippen LogP contribution < -0.4 is 4.74 Å². The summed E-state index contributed by atoms with van der Waals surface area (Å²) in [5, 5.41) is 0. The van der Waals surface area contributed by atoms with E-state index in [1.807, 2.05) is 13.8 Å². The zero-order valence-corrected chi connectivity index (χ0v) is 10.9. The Morgan fingerprint density at radius 3 is 2.67 bits per heavy atom. The summed E-state index contributed by atoms with van der Waals surface area (Å²) in [4.78, 5) is 25.5. The fraction of sp³-hybridized carbons (Fsp3) is 0.429. The minimum absolute atomic E-state index is 0.108. The van der Waals surface area contributed by atoms with Gasteiger partial charge in [0.25, 0.3) is 5.91 Å². The molecule has 0 N–H and O–H groups in total. The molecule has 0 radical (unpaired) electrons. The molecule has 0 aromatic heterocycles. The minimum atomic E-state index is -0.406. The molecular weight excluding hydrogens is 230 g/mol. The third kappa shape index (κ3) is 2.23. The van der Waals surface area contributed by atoms with Crippen LogP contribution in [0.15, 0.2) is 24.3 Å². The Balaban J connectivity index is 2.28. The lowest BCUT2D eigenvalue weighted by atomic mass is 10.0. The molecule has 4 nitrogen and oxygen atoms in total. The summed E-state index contributed by atoms with van der Waals surface area (Å²) < 4.78 is 5.10. The number of hydrogen-bond donors (Lipinski definition) is 0. The number of carbonyl (C=O) groups is 2. The molecule has 0 spiro atoms. The van der Waals surface area contributed by atoms with Crippen LogP contribution in [0.2, 0.25) is 0 Å². The van der Waals surface area contributed by atoms with E-state index in [-0.39, 0.29) is 18.2 Å². The largest absolute Gasteiger partial charge is 0.497 e. The van der Waals surface area contributed by atoms with Crippen molar-refractivity contribution in [2.75, 3.05) is 13.7 Å². The predicted octanol–water partition coefficient (Wildman–Crippen LogP) is 1.89. The molecule has 1 aliphatic heterocycles. The van der Waals surface area contributed by atoms with Gasteiger partial charge in [-0.1, -0.05) is 6.07 Å². The molecule has 96 valence electrons. The van der Waals surface area contributed by atoms with Gasteiger partial charge >= 0.3 is 0 Å². The lowest BCUT2D eigenvalue weighted by Gasteiger charge is -2.30. The second kappa shape index (κ2) is 4.44. The lowest BCUT2D eigenvalue weighted by Crippen LogP contribution is -2.42. The Hall–Kier alpha value is -1.84. The molecule has 0 atom stereocenters. The van der Waals surface area contributed by atoms with Crippen LogP contribution in [0.4, 0.5) is 0 Å². The number of Topliss-reactive ketones (excluding diaryl/α,β-unsaturated/α-hetero) is 1. The van der Waals surface area contributed by atoms with Crippen molar-refractivity contribution in [1.29, 1.82) is 0 Å². The zero-order valence-electron chi connectivity index (χ0n) is 10.9. The molecule has 1 saturated heterocycles. The van der Waals surface area contributed by atoms with Crippen LogP contribution >= 0.6 is 0 Å². The molecule has 1 heterocycles. The number of rotatable bonds is 2. The van der Waals surface area contributed by atoms with Crippen LogP contribution in [0.5, 0.6) is 5.75 Å². The molecule has 0 aliphatic carbocycles. The fourth-order valence-electron chi connectivity index (χ4n) is 2.28. The monoisotopic (exact) mass is 247 g/mol. The smallest absolute Gasteiger partial charge is 0.254 e. The Kier molecular flexibility index (Phi) is 3.11. The molecule has 0 saturated carbocycles. The maximum absolute atomic E-state index is 12.4. The van der Waals surface area contributed by atoms with Crippen molar-refractivity contribution in [3.63, 3.8) is 0 Å². The first-order valence-corrected chi connectivity index (χ1v) is 5.92. The van der Waals surface area contributed by atoms with E-state index in [2.05, 4.69) is 0 Å². The van der Waals surface area contributed by atoms with Crippen molar-refractivity contribution in [2.24, 2.45) is 0 Å².